The van der Waals surface area contributed by atoms with Crippen molar-refractivity contribution in [2.45, 2.75) is 6.10 Å². The van der Waals surface area contributed by atoms with Gasteiger partial charge >= 0.3 is 0 Å². The molecule has 1 atom stereocenters. The summed E-state index contributed by atoms with van der Waals surface area (Å²) >= 11 is 0. The van der Waals surface area contributed by atoms with Crippen molar-refractivity contribution in [3.8, 4) is 11.3 Å². The molecule has 0 spiro atoms. The standard InChI is InChI=1S/C15H18FN3O3/c1-19(8-12(20)9-22-2)15(21)14-7-13(17-18-14)10-3-5-11(16)6-4-10/h3-7,12,20H,8-9H2,1-2H3,(H,17,18). The minimum Gasteiger partial charge on any atom is -0.389 e. The molecule has 0 saturated carbocycles. The summed E-state index contributed by atoms with van der Waals surface area (Å²) in [6.07, 6.45) is -0.751. The van der Waals surface area contributed by atoms with Crippen LogP contribution < -0.4 is 0 Å². The largest absolute Gasteiger partial charge is 0.389 e. The number of aromatic nitrogens is 2. The van der Waals surface area contributed by atoms with E-state index in [9.17, 15) is 14.3 Å². The Balaban J connectivity index is 2.07. The third-order valence-electron chi connectivity index (χ3n) is 3.14. The SMILES string of the molecule is COCC(O)CN(C)C(=O)c1cc(-c2ccc(F)cc2)n[nH]1. The molecule has 0 bridgehead atoms. The van der Waals surface area contributed by atoms with Crippen LogP contribution in [0.15, 0.2) is 30.3 Å². The number of aromatic amines is 1. The minimum atomic E-state index is -0.751. The van der Waals surface area contributed by atoms with E-state index >= 15 is 0 Å². The van der Waals surface area contributed by atoms with E-state index in [1.165, 1.54) is 24.1 Å². The van der Waals surface area contributed by atoms with Crippen LogP contribution in [0.4, 0.5) is 4.39 Å². The second kappa shape index (κ2) is 7.15. The van der Waals surface area contributed by atoms with Crippen LogP contribution in [0, 0.1) is 5.82 Å². The molecular weight excluding hydrogens is 289 g/mol. The highest BCUT2D eigenvalue weighted by atomic mass is 19.1. The smallest absolute Gasteiger partial charge is 0.271 e. The quantitative estimate of drug-likeness (QED) is 0.843. The number of halogens is 1. The first kappa shape index (κ1) is 16.1. The molecule has 1 aromatic carbocycles. The topological polar surface area (TPSA) is 78.5 Å². The van der Waals surface area contributed by atoms with Crippen LogP contribution in [-0.2, 0) is 4.74 Å². The van der Waals surface area contributed by atoms with Crippen molar-refractivity contribution in [3.63, 3.8) is 0 Å². The summed E-state index contributed by atoms with van der Waals surface area (Å²) in [5.41, 5.74) is 1.56. The average Bonchev–Trinajstić information content (AvgIpc) is 2.97. The Kier molecular flexibility index (Phi) is 5.24. The lowest BCUT2D eigenvalue weighted by Crippen LogP contribution is -2.36. The molecule has 2 aromatic rings. The summed E-state index contributed by atoms with van der Waals surface area (Å²) in [7, 11) is 3.06. The number of rotatable bonds is 6. The number of nitrogens with one attached hydrogen (secondary N) is 1. The third kappa shape index (κ3) is 3.90. The van der Waals surface area contributed by atoms with Crippen molar-refractivity contribution in [1.29, 1.82) is 0 Å². The van der Waals surface area contributed by atoms with Crippen molar-refractivity contribution in [2.75, 3.05) is 27.3 Å². The van der Waals surface area contributed by atoms with Gasteiger partial charge < -0.3 is 14.7 Å². The lowest BCUT2D eigenvalue weighted by Gasteiger charge is -2.19. The van der Waals surface area contributed by atoms with Crippen LogP contribution in [-0.4, -0.2) is 59.5 Å². The van der Waals surface area contributed by atoms with Gasteiger partial charge in [0, 0.05) is 26.3 Å². The predicted octanol–water partition coefficient (Wildman–Crippen LogP) is 1.30. The molecule has 118 valence electrons. The molecule has 1 heterocycles. The number of likely N-dealkylation sites (N-methyl/N-ethyl adjacent to an activating group) is 1. The van der Waals surface area contributed by atoms with Crippen LogP contribution >= 0.6 is 0 Å². The zero-order chi connectivity index (χ0) is 16.1. The molecule has 0 aliphatic rings. The maximum absolute atomic E-state index is 12.9. The van der Waals surface area contributed by atoms with E-state index in [4.69, 9.17) is 4.74 Å². The summed E-state index contributed by atoms with van der Waals surface area (Å²) in [4.78, 5) is 13.6. The van der Waals surface area contributed by atoms with Crippen LogP contribution in [0.1, 0.15) is 10.5 Å². The maximum atomic E-state index is 12.9. The first-order valence-electron chi connectivity index (χ1n) is 6.75. The number of benzene rings is 1. The van der Waals surface area contributed by atoms with E-state index < -0.39 is 6.10 Å². The Bertz CT molecular complexity index is 627. The molecule has 1 aromatic heterocycles. The predicted molar refractivity (Wildman–Crippen MR) is 78.8 cm³/mol. The number of aliphatic hydroxyl groups excluding tert-OH is 1. The van der Waals surface area contributed by atoms with E-state index in [0.29, 0.717) is 17.0 Å². The molecule has 0 fully saturated rings. The number of hydrogen-bond acceptors (Lipinski definition) is 4. The molecule has 6 nitrogen and oxygen atoms in total. The van der Waals surface area contributed by atoms with Gasteiger partial charge in [0.25, 0.3) is 5.91 Å². The van der Waals surface area contributed by atoms with Crippen molar-refractivity contribution < 1.29 is 19.0 Å². The number of amides is 1. The van der Waals surface area contributed by atoms with Gasteiger partial charge in [0.05, 0.1) is 18.4 Å². The summed E-state index contributed by atoms with van der Waals surface area (Å²) in [6, 6.07) is 7.43. The fourth-order valence-electron chi connectivity index (χ4n) is 2.05. The maximum Gasteiger partial charge on any atom is 0.271 e. The van der Waals surface area contributed by atoms with Gasteiger partial charge in [-0.05, 0) is 30.3 Å². The van der Waals surface area contributed by atoms with Crippen molar-refractivity contribution >= 4 is 5.91 Å². The van der Waals surface area contributed by atoms with E-state index in [0.717, 1.165) is 0 Å². The molecule has 0 radical (unpaired) electrons. The molecule has 1 unspecified atom stereocenters. The third-order valence-corrected chi connectivity index (χ3v) is 3.14. The molecule has 7 heteroatoms. The summed E-state index contributed by atoms with van der Waals surface area (Å²) in [5.74, 6) is -0.626. The van der Waals surface area contributed by atoms with Gasteiger partial charge in [0.1, 0.15) is 11.5 Å². The second-order valence-electron chi connectivity index (χ2n) is 4.97. The normalized spacial score (nSPS) is 12.2. The number of methoxy groups -OCH3 is 1. The van der Waals surface area contributed by atoms with Gasteiger partial charge in [-0.15, -0.1) is 0 Å². The Morgan fingerprint density at radius 1 is 1.45 bits per heavy atom. The van der Waals surface area contributed by atoms with Gasteiger partial charge in [-0.25, -0.2) is 4.39 Å². The van der Waals surface area contributed by atoms with Crippen molar-refractivity contribution in [2.24, 2.45) is 0 Å². The van der Waals surface area contributed by atoms with Gasteiger partial charge in [0.2, 0.25) is 0 Å². The van der Waals surface area contributed by atoms with E-state index in [2.05, 4.69) is 10.2 Å². The van der Waals surface area contributed by atoms with Gasteiger partial charge in [0.15, 0.2) is 0 Å². The fraction of sp³-hybridized carbons (Fsp3) is 0.333. The summed E-state index contributed by atoms with van der Waals surface area (Å²) < 4.78 is 17.7. The van der Waals surface area contributed by atoms with Gasteiger partial charge in [-0.1, -0.05) is 0 Å². The Morgan fingerprint density at radius 3 is 2.77 bits per heavy atom. The number of carbonyl (C=O) groups is 1. The van der Waals surface area contributed by atoms with Crippen LogP contribution in [0.25, 0.3) is 11.3 Å². The molecule has 1 amide bonds. The van der Waals surface area contributed by atoms with Gasteiger partial charge in [-0.3, -0.25) is 9.89 Å². The Labute approximate surface area is 127 Å². The average molecular weight is 307 g/mol. The number of ether oxygens (including phenoxy) is 1. The number of nitrogens with zero attached hydrogens (tertiary/aromatic N) is 2. The fourth-order valence-corrected chi connectivity index (χ4v) is 2.05. The number of hydrogen-bond donors (Lipinski definition) is 2. The lowest BCUT2D eigenvalue weighted by atomic mass is 10.1. The Morgan fingerprint density at radius 2 is 2.14 bits per heavy atom. The molecule has 22 heavy (non-hydrogen) atoms. The van der Waals surface area contributed by atoms with Gasteiger partial charge in [-0.2, -0.15) is 5.10 Å². The van der Waals surface area contributed by atoms with E-state index in [1.54, 1.807) is 25.2 Å². The highest BCUT2D eigenvalue weighted by molar-refractivity contribution is 5.93. The summed E-state index contributed by atoms with van der Waals surface area (Å²) in [5, 5.41) is 16.4. The van der Waals surface area contributed by atoms with Crippen LogP contribution in [0.3, 0.4) is 0 Å². The number of aliphatic hydroxyl groups is 1. The van der Waals surface area contributed by atoms with Crippen LogP contribution in [0.2, 0.25) is 0 Å². The monoisotopic (exact) mass is 307 g/mol. The van der Waals surface area contributed by atoms with Crippen LogP contribution in [0.5, 0.6) is 0 Å². The molecular formula is C15H18FN3O3. The first-order chi connectivity index (χ1) is 10.5. The second-order valence-corrected chi connectivity index (χ2v) is 4.97. The van der Waals surface area contributed by atoms with Crippen molar-refractivity contribution in [1.82, 2.24) is 15.1 Å². The van der Waals surface area contributed by atoms with E-state index in [-0.39, 0.29) is 24.9 Å². The zero-order valence-electron chi connectivity index (χ0n) is 12.4. The molecule has 0 aliphatic heterocycles. The number of H-pyrrole nitrogens is 1. The number of carbonyl (C=O) groups excluding carboxylic acids is 1. The molecule has 2 N–H and O–H groups in total. The summed E-state index contributed by atoms with van der Waals surface area (Å²) in [6.45, 7) is 0.305. The molecule has 0 saturated heterocycles. The van der Waals surface area contributed by atoms with E-state index in [1.807, 2.05) is 0 Å². The molecule has 2 rings (SSSR count). The highest BCUT2D eigenvalue weighted by Gasteiger charge is 2.18. The highest BCUT2D eigenvalue weighted by Crippen LogP contribution is 2.18. The zero-order valence-corrected chi connectivity index (χ0v) is 12.4. The lowest BCUT2D eigenvalue weighted by molar-refractivity contribution is 0.0378. The Hall–Kier alpha value is -2.25. The molecule has 0 aliphatic carbocycles. The van der Waals surface area contributed by atoms with Crippen molar-refractivity contribution in [3.05, 3.63) is 41.8 Å². The first-order valence-corrected chi connectivity index (χ1v) is 6.75. The minimum absolute atomic E-state index is 0.150.